The quantitative estimate of drug-likeness (QED) is 0.296. The van der Waals surface area contributed by atoms with Crippen molar-refractivity contribution in [2.45, 2.75) is 26.8 Å². The summed E-state index contributed by atoms with van der Waals surface area (Å²) in [4.78, 5) is 25.0. The monoisotopic (exact) mass is 523 g/mol. The van der Waals surface area contributed by atoms with Gasteiger partial charge < -0.3 is 10.1 Å². The summed E-state index contributed by atoms with van der Waals surface area (Å²) in [5.74, 6) is 0.771. The Morgan fingerprint density at radius 2 is 1.92 bits per heavy atom. The van der Waals surface area contributed by atoms with Crippen LogP contribution in [0.15, 0.2) is 60.9 Å². The largest absolute Gasteiger partial charge is 0.492 e. The van der Waals surface area contributed by atoms with E-state index in [-0.39, 0.29) is 12.2 Å². The Labute approximate surface area is 227 Å². The molecule has 4 aromatic heterocycles. The van der Waals surface area contributed by atoms with Gasteiger partial charge in [-0.25, -0.2) is 4.98 Å². The second-order valence-electron chi connectivity index (χ2n) is 10.1. The topological polar surface area (TPSA) is 89.6 Å². The van der Waals surface area contributed by atoms with Crippen molar-refractivity contribution < 1.29 is 9.53 Å². The van der Waals surface area contributed by atoms with E-state index in [9.17, 15) is 4.79 Å². The minimum absolute atomic E-state index is 0.00915. The highest BCUT2D eigenvalue weighted by atomic mass is 16.5. The summed E-state index contributed by atoms with van der Waals surface area (Å²) in [6.45, 7) is 10.2. The van der Waals surface area contributed by atoms with Crippen LogP contribution in [0.25, 0.3) is 16.6 Å². The smallest absolute Gasteiger partial charge is 0.185 e. The molecule has 39 heavy (non-hydrogen) atoms. The van der Waals surface area contributed by atoms with Crippen LogP contribution in [0, 0.1) is 13.8 Å². The highest BCUT2D eigenvalue weighted by Crippen LogP contribution is 2.25. The van der Waals surface area contributed by atoms with Crippen molar-refractivity contribution in [3.63, 3.8) is 0 Å². The van der Waals surface area contributed by atoms with E-state index in [1.807, 2.05) is 71.6 Å². The number of pyridine rings is 2. The van der Waals surface area contributed by atoms with E-state index in [1.165, 1.54) is 0 Å². The molecule has 1 saturated heterocycles. The zero-order valence-corrected chi connectivity index (χ0v) is 22.4. The Balaban J connectivity index is 1.18. The Kier molecular flexibility index (Phi) is 7.08. The number of nitrogens with zero attached hydrogens (tertiary/aromatic N) is 6. The number of hydrogen-bond acceptors (Lipinski definition) is 7. The number of fused-ring (bicyclic) bond motifs is 2. The molecule has 5 heterocycles. The van der Waals surface area contributed by atoms with Gasteiger partial charge in [0.15, 0.2) is 5.78 Å². The lowest BCUT2D eigenvalue weighted by Gasteiger charge is -2.26. The second-order valence-corrected chi connectivity index (χ2v) is 10.1. The van der Waals surface area contributed by atoms with Crippen LogP contribution in [-0.4, -0.2) is 74.2 Å². The molecule has 5 aromatic rings. The standard InChI is InChI=1S/C30H33N7O2/c1-21-5-3-7-24(33-21)20-37-26-8-4-6-23(30(26)22(2)34-37)17-28(38)27-19-32-29-18-25(9-12-36(27)29)39-16-15-35-13-10-31-11-14-35/h3-9,12,18-19,31H,10-11,13-17,20H2,1-2H3. The summed E-state index contributed by atoms with van der Waals surface area (Å²) in [6, 6.07) is 15.9. The number of piperazine rings is 1. The first-order valence-corrected chi connectivity index (χ1v) is 13.5. The molecule has 1 fully saturated rings. The average Bonchev–Trinajstić information content (AvgIpc) is 3.50. The lowest BCUT2D eigenvalue weighted by Crippen LogP contribution is -2.44. The molecule has 6 rings (SSSR count). The molecule has 1 aliphatic rings. The first kappa shape index (κ1) is 25.2. The van der Waals surface area contributed by atoms with Gasteiger partial charge in [-0.05, 0) is 43.7 Å². The maximum absolute atomic E-state index is 13.5. The minimum Gasteiger partial charge on any atom is -0.492 e. The van der Waals surface area contributed by atoms with Crippen LogP contribution in [0.1, 0.15) is 33.1 Å². The van der Waals surface area contributed by atoms with Gasteiger partial charge in [-0.1, -0.05) is 18.2 Å². The number of carbonyl (C=O) groups excluding carboxylic acids is 1. The molecule has 0 atom stereocenters. The number of ketones is 1. The van der Waals surface area contributed by atoms with Crippen LogP contribution < -0.4 is 10.1 Å². The van der Waals surface area contributed by atoms with Crippen molar-refractivity contribution in [2.75, 3.05) is 39.3 Å². The lowest BCUT2D eigenvalue weighted by molar-refractivity contribution is 0.0987. The third-order valence-corrected chi connectivity index (χ3v) is 7.30. The van der Waals surface area contributed by atoms with Gasteiger partial charge in [0.25, 0.3) is 0 Å². The molecular weight excluding hydrogens is 490 g/mol. The number of hydrogen-bond donors (Lipinski definition) is 1. The Morgan fingerprint density at radius 3 is 2.77 bits per heavy atom. The van der Waals surface area contributed by atoms with Gasteiger partial charge in [0.2, 0.25) is 0 Å². The predicted octanol–water partition coefficient (Wildman–Crippen LogP) is 3.45. The van der Waals surface area contributed by atoms with Crippen LogP contribution in [0.3, 0.4) is 0 Å². The number of nitrogens with one attached hydrogen (secondary N) is 1. The van der Waals surface area contributed by atoms with Crippen LogP contribution >= 0.6 is 0 Å². The van der Waals surface area contributed by atoms with Gasteiger partial charge in [0.1, 0.15) is 23.7 Å². The van der Waals surface area contributed by atoms with Crippen molar-refractivity contribution in [2.24, 2.45) is 0 Å². The van der Waals surface area contributed by atoms with Gasteiger partial charge in [0.05, 0.1) is 29.6 Å². The molecule has 9 heteroatoms. The van der Waals surface area contributed by atoms with Gasteiger partial charge in [0, 0.05) is 62.5 Å². The third-order valence-electron chi connectivity index (χ3n) is 7.30. The van der Waals surface area contributed by atoms with Crippen molar-refractivity contribution in [3.05, 3.63) is 89.3 Å². The molecule has 9 nitrogen and oxygen atoms in total. The number of imidazole rings is 1. The zero-order chi connectivity index (χ0) is 26.8. The van der Waals surface area contributed by atoms with E-state index in [4.69, 9.17) is 9.84 Å². The molecule has 0 bridgehead atoms. The lowest BCUT2D eigenvalue weighted by atomic mass is 10.0. The molecule has 200 valence electrons. The first-order valence-electron chi connectivity index (χ1n) is 13.5. The van der Waals surface area contributed by atoms with E-state index in [0.29, 0.717) is 24.5 Å². The van der Waals surface area contributed by atoms with Gasteiger partial charge in [-0.15, -0.1) is 0 Å². The number of ether oxygens (including phenoxy) is 1. The van der Waals surface area contributed by atoms with Crippen LogP contribution in [-0.2, 0) is 13.0 Å². The van der Waals surface area contributed by atoms with Gasteiger partial charge in [-0.2, -0.15) is 5.10 Å². The number of Topliss-reactive ketones (excluding diaryl/α,β-unsaturated/α-hetero) is 1. The van der Waals surface area contributed by atoms with Crippen LogP contribution in [0.2, 0.25) is 0 Å². The summed E-state index contributed by atoms with van der Waals surface area (Å²) in [6.07, 6.45) is 3.79. The second kappa shape index (κ2) is 11.0. The fraction of sp³-hybridized carbons (Fsp3) is 0.333. The molecule has 0 amide bonds. The van der Waals surface area contributed by atoms with Crippen molar-refractivity contribution in [1.82, 2.24) is 34.4 Å². The zero-order valence-electron chi connectivity index (χ0n) is 22.4. The molecule has 0 saturated carbocycles. The molecule has 0 spiro atoms. The molecule has 0 aliphatic carbocycles. The summed E-state index contributed by atoms with van der Waals surface area (Å²) >= 11 is 0. The van der Waals surface area contributed by atoms with Gasteiger partial charge in [-0.3, -0.25) is 23.8 Å². The number of rotatable bonds is 9. The summed E-state index contributed by atoms with van der Waals surface area (Å²) < 4.78 is 9.79. The summed E-state index contributed by atoms with van der Waals surface area (Å²) in [7, 11) is 0. The fourth-order valence-corrected chi connectivity index (χ4v) is 5.36. The Hall–Kier alpha value is -4.08. The number of aromatic nitrogens is 5. The molecule has 1 aromatic carbocycles. The summed E-state index contributed by atoms with van der Waals surface area (Å²) in [5.41, 5.74) is 6.06. The molecule has 1 aliphatic heterocycles. The fourth-order valence-electron chi connectivity index (χ4n) is 5.36. The van der Waals surface area contributed by atoms with E-state index >= 15 is 0 Å². The maximum atomic E-state index is 13.5. The Morgan fingerprint density at radius 1 is 1.08 bits per heavy atom. The molecular formula is C30H33N7O2. The van der Waals surface area contributed by atoms with E-state index < -0.39 is 0 Å². The maximum Gasteiger partial charge on any atom is 0.185 e. The summed E-state index contributed by atoms with van der Waals surface area (Å²) in [5, 5.41) is 9.17. The number of benzene rings is 1. The van der Waals surface area contributed by atoms with E-state index in [2.05, 4.69) is 26.3 Å². The minimum atomic E-state index is 0.00915. The van der Waals surface area contributed by atoms with Crippen LogP contribution in [0.4, 0.5) is 0 Å². The van der Waals surface area contributed by atoms with Crippen molar-refractivity contribution in [1.29, 1.82) is 0 Å². The molecule has 1 N–H and O–H groups in total. The predicted molar refractivity (Wildman–Crippen MR) is 151 cm³/mol. The van der Waals surface area contributed by atoms with Gasteiger partial charge >= 0.3 is 0 Å². The van der Waals surface area contributed by atoms with Crippen molar-refractivity contribution in [3.8, 4) is 5.75 Å². The SMILES string of the molecule is Cc1cccc(Cn2nc(C)c3c(CC(=O)c4cnc5cc(OCCN6CCNCC6)ccn45)cccc32)n1. The van der Waals surface area contributed by atoms with Crippen molar-refractivity contribution >= 4 is 22.3 Å². The number of aryl methyl sites for hydroxylation is 2. The molecule has 0 radical (unpaired) electrons. The van der Waals surface area contributed by atoms with E-state index in [0.717, 1.165) is 72.0 Å². The highest BCUT2D eigenvalue weighted by molar-refractivity contribution is 5.99. The highest BCUT2D eigenvalue weighted by Gasteiger charge is 2.18. The third kappa shape index (κ3) is 5.41. The van der Waals surface area contributed by atoms with Crippen LogP contribution in [0.5, 0.6) is 5.75 Å². The first-order chi connectivity index (χ1) is 19.0. The average molecular weight is 524 g/mol. The normalized spacial score (nSPS) is 14.3. The number of carbonyl (C=O) groups is 1. The van der Waals surface area contributed by atoms with E-state index in [1.54, 1.807) is 6.20 Å². The molecule has 0 unspecified atom stereocenters. The Bertz CT molecular complexity index is 1630.